The van der Waals surface area contributed by atoms with E-state index in [1.54, 1.807) is 0 Å². The zero-order chi connectivity index (χ0) is 21.4. The van der Waals surface area contributed by atoms with Gasteiger partial charge in [-0.2, -0.15) is 0 Å². The van der Waals surface area contributed by atoms with Gasteiger partial charge in [0.1, 0.15) is 0 Å². The molecule has 6 rings (SSSR count). The monoisotopic (exact) mass is 690 g/mol. The van der Waals surface area contributed by atoms with Crippen molar-refractivity contribution in [2.24, 2.45) is 0 Å². The van der Waals surface area contributed by atoms with E-state index in [9.17, 15) is 0 Å². The summed E-state index contributed by atoms with van der Waals surface area (Å²) in [5, 5.41) is 0. The molecular weight excluding hydrogens is 670 g/mol. The van der Waals surface area contributed by atoms with Gasteiger partial charge in [0.2, 0.25) is 0 Å². The average Bonchev–Trinajstić information content (AvgIpc) is 2.78. The Balaban J connectivity index is 0.000000132. The Morgan fingerprint density at radius 3 is 1.55 bits per heavy atom. The highest BCUT2D eigenvalue weighted by molar-refractivity contribution is 14.1. The normalized spacial score (nSPS) is 13.1. The standard InChI is InChI=1S/C14H10BrI.C14H11I/c15-11-3-5-13-9(7-11)1-2-10-8-12(16)4-6-14(10)13;15-12-7-8-14-11(9-12)6-5-10-3-1-2-4-13(10)14/h3-8H,1-2H2;1-4,7-9H,5-6H2. The second-order valence-corrected chi connectivity index (χ2v) is 11.5. The zero-order valence-electron chi connectivity index (χ0n) is 17.0. The lowest BCUT2D eigenvalue weighted by Crippen LogP contribution is -2.04. The summed E-state index contributed by atoms with van der Waals surface area (Å²) in [6.07, 6.45) is 4.68. The van der Waals surface area contributed by atoms with Gasteiger partial charge in [-0.3, -0.25) is 0 Å². The lowest BCUT2D eigenvalue weighted by atomic mass is 9.86. The van der Waals surface area contributed by atoms with Gasteiger partial charge >= 0.3 is 0 Å². The van der Waals surface area contributed by atoms with E-state index in [0.29, 0.717) is 0 Å². The zero-order valence-corrected chi connectivity index (χ0v) is 22.9. The smallest absolute Gasteiger partial charge is 0.0178 e. The molecule has 0 amide bonds. The average molecular weight is 691 g/mol. The van der Waals surface area contributed by atoms with Gasteiger partial charge in [0.05, 0.1) is 0 Å². The Labute approximate surface area is 219 Å². The van der Waals surface area contributed by atoms with Crippen LogP contribution in [0.1, 0.15) is 22.3 Å². The minimum Gasteiger partial charge on any atom is -0.0620 e. The van der Waals surface area contributed by atoms with Crippen LogP contribution in [0.2, 0.25) is 0 Å². The Morgan fingerprint density at radius 1 is 0.484 bits per heavy atom. The van der Waals surface area contributed by atoms with Gasteiger partial charge in [-0.1, -0.05) is 58.4 Å². The van der Waals surface area contributed by atoms with Gasteiger partial charge in [0.25, 0.3) is 0 Å². The molecule has 154 valence electrons. The molecule has 0 nitrogen and oxygen atoms in total. The maximum Gasteiger partial charge on any atom is 0.0178 e. The molecule has 0 fully saturated rings. The fraction of sp³-hybridized carbons (Fsp3) is 0.143. The van der Waals surface area contributed by atoms with Crippen LogP contribution in [0, 0.1) is 7.14 Å². The highest BCUT2D eigenvalue weighted by Crippen LogP contribution is 2.36. The molecule has 0 N–H and O–H groups in total. The maximum atomic E-state index is 3.54. The fourth-order valence-corrected chi connectivity index (χ4v) is 6.16. The molecule has 0 saturated heterocycles. The lowest BCUT2D eigenvalue weighted by molar-refractivity contribution is 0.939. The van der Waals surface area contributed by atoms with Crippen LogP contribution in [-0.2, 0) is 25.7 Å². The first-order chi connectivity index (χ1) is 15.1. The number of halogens is 3. The van der Waals surface area contributed by atoms with Crippen LogP contribution in [0.25, 0.3) is 22.3 Å². The fourth-order valence-electron chi connectivity index (χ4n) is 4.64. The lowest BCUT2D eigenvalue weighted by Gasteiger charge is -2.20. The molecule has 0 radical (unpaired) electrons. The van der Waals surface area contributed by atoms with Crippen molar-refractivity contribution in [3.8, 4) is 22.3 Å². The van der Waals surface area contributed by atoms with Gasteiger partial charge in [0.15, 0.2) is 0 Å². The molecule has 0 aliphatic heterocycles. The van der Waals surface area contributed by atoms with Crippen molar-refractivity contribution in [2.75, 3.05) is 0 Å². The highest BCUT2D eigenvalue weighted by atomic mass is 127. The van der Waals surface area contributed by atoms with Gasteiger partial charge in [-0.15, -0.1) is 0 Å². The van der Waals surface area contributed by atoms with Crippen LogP contribution in [0.15, 0.2) is 83.3 Å². The third kappa shape index (κ3) is 4.64. The molecule has 0 spiro atoms. The highest BCUT2D eigenvalue weighted by Gasteiger charge is 2.16. The molecule has 2 aliphatic carbocycles. The molecule has 2 aliphatic rings. The van der Waals surface area contributed by atoms with E-state index in [1.165, 1.54) is 69.0 Å². The Morgan fingerprint density at radius 2 is 0.935 bits per heavy atom. The number of benzene rings is 4. The second kappa shape index (κ2) is 9.36. The summed E-state index contributed by atoms with van der Waals surface area (Å²) in [6.45, 7) is 0. The Bertz CT molecular complexity index is 1220. The molecule has 0 unspecified atom stereocenters. The first-order valence-electron chi connectivity index (χ1n) is 10.5. The van der Waals surface area contributed by atoms with Crippen LogP contribution in [0.3, 0.4) is 0 Å². The van der Waals surface area contributed by atoms with Gasteiger partial charge in [-0.05, 0) is 152 Å². The third-order valence-corrected chi connectivity index (χ3v) is 7.96. The van der Waals surface area contributed by atoms with E-state index in [2.05, 4.69) is 140 Å². The van der Waals surface area contributed by atoms with E-state index in [4.69, 9.17) is 0 Å². The quantitative estimate of drug-likeness (QED) is 0.162. The van der Waals surface area contributed by atoms with Crippen molar-refractivity contribution in [3.63, 3.8) is 0 Å². The molecule has 31 heavy (non-hydrogen) atoms. The van der Waals surface area contributed by atoms with Crippen molar-refractivity contribution in [1.82, 2.24) is 0 Å². The van der Waals surface area contributed by atoms with E-state index in [1.807, 2.05) is 0 Å². The SMILES string of the molecule is Brc1ccc2c(c1)CCc1cc(I)ccc1-2.Ic1ccc2c(c1)CCc1ccccc1-2. The number of hydrogen-bond acceptors (Lipinski definition) is 0. The Kier molecular flexibility index (Phi) is 6.54. The van der Waals surface area contributed by atoms with E-state index >= 15 is 0 Å². The minimum atomic E-state index is 1.15. The molecule has 4 aromatic rings. The summed E-state index contributed by atoms with van der Waals surface area (Å²) >= 11 is 8.31. The summed E-state index contributed by atoms with van der Waals surface area (Å²) in [5.41, 5.74) is 11.6. The molecule has 0 saturated carbocycles. The van der Waals surface area contributed by atoms with Crippen LogP contribution in [-0.4, -0.2) is 0 Å². The van der Waals surface area contributed by atoms with Crippen molar-refractivity contribution in [2.45, 2.75) is 25.7 Å². The molecule has 4 aromatic carbocycles. The molecule has 0 heterocycles. The maximum absolute atomic E-state index is 3.54. The topological polar surface area (TPSA) is 0 Å². The van der Waals surface area contributed by atoms with Gasteiger partial charge in [-0.25, -0.2) is 0 Å². The predicted octanol–water partition coefficient (Wildman–Crippen LogP) is 8.88. The minimum absolute atomic E-state index is 1.15. The van der Waals surface area contributed by atoms with Crippen molar-refractivity contribution in [1.29, 1.82) is 0 Å². The largest absolute Gasteiger partial charge is 0.0620 e. The van der Waals surface area contributed by atoms with Crippen LogP contribution < -0.4 is 0 Å². The van der Waals surface area contributed by atoms with Crippen molar-refractivity contribution < 1.29 is 0 Å². The summed E-state index contributed by atoms with van der Waals surface area (Å²) in [6, 6.07) is 28.9. The van der Waals surface area contributed by atoms with Crippen LogP contribution >= 0.6 is 61.1 Å². The molecular formula is C28H21BrI2. The molecule has 0 aromatic heterocycles. The summed E-state index contributed by atoms with van der Waals surface area (Å²) in [5.74, 6) is 0. The summed E-state index contributed by atoms with van der Waals surface area (Å²) < 4.78 is 3.85. The number of fused-ring (bicyclic) bond motifs is 6. The number of rotatable bonds is 0. The van der Waals surface area contributed by atoms with E-state index in [0.717, 1.165) is 12.8 Å². The molecule has 3 heteroatoms. The van der Waals surface area contributed by atoms with Crippen LogP contribution in [0.5, 0.6) is 0 Å². The number of aryl methyl sites for hydroxylation is 4. The van der Waals surface area contributed by atoms with Crippen LogP contribution in [0.4, 0.5) is 0 Å². The second-order valence-electron chi connectivity index (χ2n) is 8.06. The van der Waals surface area contributed by atoms with Crippen molar-refractivity contribution in [3.05, 3.63) is 113 Å². The van der Waals surface area contributed by atoms with Gasteiger partial charge < -0.3 is 0 Å². The molecule has 0 atom stereocenters. The number of hydrogen-bond donors (Lipinski definition) is 0. The predicted molar refractivity (Wildman–Crippen MR) is 152 cm³/mol. The molecule has 0 bridgehead atoms. The first-order valence-corrected chi connectivity index (χ1v) is 13.5. The first kappa shape index (κ1) is 21.7. The summed E-state index contributed by atoms with van der Waals surface area (Å²) in [7, 11) is 0. The van der Waals surface area contributed by atoms with E-state index < -0.39 is 0 Å². The van der Waals surface area contributed by atoms with E-state index in [-0.39, 0.29) is 0 Å². The summed E-state index contributed by atoms with van der Waals surface area (Å²) in [4.78, 5) is 0. The third-order valence-electron chi connectivity index (χ3n) is 6.13. The Hall–Kier alpha value is -1.18. The van der Waals surface area contributed by atoms with Crippen molar-refractivity contribution >= 4 is 61.1 Å². The van der Waals surface area contributed by atoms with Gasteiger partial charge in [0, 0.05) is 11.6 Å².